The first-order valence-electron chi connectivity index (χ1n) is 11.2. The number of rotatable bonds is 9. The van der Waals surface area contributed by atoms with Crippen molar-refractivity contribution in [3.05, 3.63) is 77.4 Å². The Kier molecular flexibility index (Phi) is 8.66. The Labute approximate surface area is 218 Å². The number of anilines is 1. The molecule has 0 aliphatic carbocycles. The number of nitrogens with zero attached hydrogens (tertiary/aromatic N) is 2. The number of benzene rings is 1. The Balaban J connectivity index is 1.96. The number of ether oxygens (including phenoxy) is 1. The van der Waals surface area contributed by atoms with Crippen molar-refractivity contribution in [2.24, 2.45) is 0 Å². The molecule has 206 valence electrons. The fourth-order valence-electron chi connectivity index (χ4n) is 3.80. The molecule has 0 saturated carbocycles. The van der Waals surface area contributed by atoms with Gasteiger partial charge in [-0.05, 0) is 43.1 Å². The lowest BCUT2D eigenvalue weighted by atomic mass is 9.82. The molecular formula is C24H25F4N3O5S2. The number of fused-ring (bicyclic) bond motifs is 1. The highest BCUT2D eigenvalue weighted by atomic mass is 32.2. The van der Waals surface area contributed by atoms with E-state index in [1.807, 2.05) is 0 Å². The molecule has 0 saturated heterocycles. The Morgan fingerprint density at radius 2 is 1.87 bits per heavy atom. The Morgan fingerprint density at radius 1 is 1.21 bits per heavy atom. The molecule has 0 unspecified atom stereocenters. The molecule has 1 aliphatic heterocycles. The van der Waals surface area contributed by atoms with E-state index in [9.17, 15) is 34.4 Å². The third-order valence-electron chi connectivity index (χ3n) is 5.72. The molecule has 1 aliphatic rings. The first-order chi connectivity index (χ1) is 17.6. The van der Waals surface area contributed by atoms with Gasteiger partial charge in [-0.1, -0.05) is 18.7 Å². The summed E-state index contributed by atoms with van der Waals surface area (Å²) < 4.78 is 110. The van der Waals surface area contributed by atoms with E-state index in [1.54, 1.807) is 0 Å². The standard InChI is InChI=1S/C24H25F4N3O5S2/c1-4-17(24(26,27)28)11-16(8-10-37(3,32)33)15(2)20-7-9-36-22-12-19(5-6-21(20)22)38(34,35)31-23-29-13-18(25)14-30-23/h4-6,11-14,20H,2,7-10H2,1,3H3,(H,29,30,31)/b16-11-,17-4+/t20-/m0/s1. The van der Waals surface area contributed by atoms with Gasteiger partial charge < -0.3 is 4.74 Å². The third-order valence-corrected chi connectivity index (χ3v) is 8.00. The second-order valence-corrected chi connectivity index (χ2v) is 12.5. The van der Waals surface area contributed by atoms with Crippen LogP contribution in [0.1, 0.15) is 31.2 Å². The molecule has 0 fully saturated rings. The van der Waals surface area contributed by atoms with E-state index in [0.717, 1.165) is 30.8 Å². The van der Waals surface area contributed by atoms with Gasteiger partial charge in [-0.25, -0.2) is 35.9 Å². The number of sulfone groups is 1. The summed E-state index contributed by atoms with van der Waals surface area (Å²) in [6, 6.07) is 3.97. The molecule has 1 N–H and O–H groups in total. The average Bonchev–Trinajstić information content (AvgIpc) is 2.83. The summed E-state index contributed by atoms with van der Waals surface area (Å²) >= 11 is 0. The number of allylic oxidation sites excluding steroid dienone is 5. The zero-order valence-electron chi connectivity index (χ0n) is 20.4. The fourth-order valence-corrected chi connectivity index (χ4v) is 5.37. The lowest BCUT2D eigenvalue weighted by Gasteiger charge is -2.29. The largest absolute Gasteiger partial charge is 0.493 e. The minimum atomic E-state index is -4.65. The molecule has 3 rings (SSSR count). The predicted octanol–water partition coefficient (Wildman–Crippen LogP) is 4.71. The van der Waals surface area contributed by atoms with E-state index in [1.165, 1.54) is 25.1 Å². The Morgan fingerprint density at radius 3 is 2.45 bits per heavy atom. The van der Waals surface area contributed by atoms with Crippen LogP contribution in [0.5, 0.6) is 5.75 Å². The molecule has 1 aromatic carbocycles. The molecule has 2 aromatic rings. The van der Waals surface area contributed by atoms with Crippen molar-refractivity contribution >= 4 is 25.8 Å². The smallest absolute Gasteiger partial charge is 0.416 e. The number of hydrogen-bond acceptors (Lipinski definition) is 7. The molecule has 0 bridgehead atoms. The first-order valence-corrected chi connectivity index (χ1v) is 14.7. The van der Waals surface area contributed by atoms with Gasteiger partial charge in [-0.2, -0.15) is 13.2 Å². The van der Waals surface area contributed by atoms with Gasteiger partial charge in [0.2, 0.25) is 5.95 Å². The summed E-state index contributed by atoms with van der Waals surface area (Å²) in [5.74, 6) is -1.85. The van der Waals surface area contributed by atoms with Crippen LogP contribution >= 0.6 is 0 Å². The summed E-state index contributed by atoms with van der Waals surface area (Å²) in [6.45, 7) is 5.33. The first kappa shape index (κ1) is 29.3. The van der Waals surface area contributed by atoms with Crippen LogP contribution < -0.4 is 9.46 Å². The topological polar surface area (TPSA) is 115 Å². The molecule has 38 heavy (non-hydrogen) atoms. The zero-order chi connectivity index (χ0) is 28.3. The number of sulfonamides is 1. The fraction of sp³-hybridized carbons (Fsp3) is 0.333. The van der Waals surface area contributed by atoms with Crippen LogP contribution in [-0.4, -0.2) is 51.6 Å². The monoisotopic (exact) mass is 575 g/mol. The molecule has 2 heterocycles. The summed E-state index contributed by atoms with van der Waals surface area (Å²) in [5.41, 5.74) is -0.0664. The van der Waals surface area contributed by atoms with Crippen LogP contribution in [0.4, 0.5) is 23.5 Å². The SMILES string of the molecule is C=C(/C(=C\C(=C/C)C(F)(F)F)CCS(C)(=O)=O)[C@@H]1CCOc2cc(S(=O)(=O)Nc3ncc(F)cn3)ccc21. The minimum Gasteiger partial charge on any atom is -0.493 e. The molecule has 0 radical (unpaired) electrons. The quantitative estimate of drug-likeness (QED) is 0.340. The van der Waals surface area contributed by atoms with Crippen molar-refractivity contribution < 1.29 is 39.1 Å². The summed E-state index contributed by atoms with van der Waals surface area (Å²) in [4.78, 5) is 6.91. The van der Waals surface area contributed by atoms with E-state index in [0.29, 0.717) is 12.0 Å². The molecular weight excluding hydrogens is 550 g/mol. The number of nitrogens with one attached hydrogen (secondary N) is 1. The van der Waals surface area contributed by atoms with Crippen molar-refractivity contribution in [1.29, 1.82) is 0 Å². The average molecular weight is 576 g/mol. The van der Waals surface area contributed by atoms with E-state index in [-0.39, 0.29) is 46.5 Å². The molecule has 1 atom stereocenters. The summed E-state index contributed by atoms with van der Waals surface area (Å²) in [5, 5.41) is 0. The number of halogens is 4. The van der Waals surface area contributed by atoms with E-state index in [2.05, 4.69) is 21.3 Å². The van der Waals surface area contributed by atoms with Crippen LogP contribution in [0.3, 0.4) is 0 Å². The van der Waals surface area contributed by atoms with Gasteiger partial charge in [0.15, 0.2) is 5.82 Å². The van der Waals surface area contributed by atoms with Crippen LogP contribution in [0, 0.1) is 5.82 Å². The van der Waals surface area contributed by atoms with Crippen molar-refractivity contribution in [2.45, 2.75) is 36.8 Å². The van der Waals surface area contributed by atoms with Crippen LogP contribution in [-0.2, 0) is 19.9 Å². The maximum Gasteiger partial charge on any atom is 0.416 e. The molecule has 1 aromatic heterocycles. The van der Waals surface area contributed by atoms with E-state index < -0.39 is 43.3 Å². The molecule has 14 heteroatoms. The highest BCUT2D eigenvalue weighted by molar-refractivity contribution is 7.92. The van der Waals surface area contributed by atoms with Crippen molar-refractivity contribution in [3.8, 4) is 5.75 Å². The van der Waals surface area contributed by atoms with Gasteiger partial charge in [0.05, 0.1) is 35.2 Å². The number of alkyl halides is 3. The molecule has 0 amide bonds. The van der Waals surface area contributed by atoms with Crippen molar-refractivity contribution in [1.82, 2.24) is 9.97 Å². The maximum absolute atomic E-state index is 13.5. The van der Waals surface area contributed by atoms with Crippen LogP contribution in [0.2, 0.25) is 0 Å². The van der Waals surface area contributed by atoms with Gasteiger partial charge in [-0.3, -0.25) is 0 Å². The predicted molar refractivity (Wildman–Crippen MR) is 133 cm³/mol. The Hall–Kier alpha value is -3.26. The van der Waals surface area contributed by atoms with Gasteiger partial charge in [-0.15, -0.1) is 0 Å². The molecule has 0 spiro atoms. The highest BCUT2D eigenvalue weighted by Gasteiger charge is 2.33. The second-order valence-electron chi connectivity index (χ2n) is 8.54. The number of aromatic nitrogens is 2. The zero-order valence-corrected chi connectivity index (χ0v) is 22.1. The Bertz CT molecular complexity index is 1480. The minimum absolute atomic E-state index is 0.115. The van der Waals surface area contributed by atoms with Crippen LogP contribution in [0.15, 0.2) is 70.9 Å². The normalized spacial score (nSPS) is 16.9. The molecule has 8 nitrogen and oxygen atoms in total. The van der Waals surface area contributed by atoms with E-state index in [4.69, 9.17) is 4.74 Å². The maximum atomic E-state index is 13.5. The summed E-state index contributed by atoms with van der Waals surface area (Å²) in [6.07, 6.45) is -0.144. The van der Waals surface area contributed by atoms with Gasteiger partial charge in [0.25, 0.3) is 10.0 Å². The summed E-state index contributed by atoms with van der Waals surface area (Å²) in [7, 11) is -7.67. The van der Waals surface area contributed by atoms with Gasteiger partial charge in [0, 0.05) is 23.8 Å². The van der Waals surface area contributed by atoms with E-state index >= 15 is 0 Å². The van der Waals surface area contributed by atoms with Crippen molar-refractivity contribution in [3.63, 3.8) is 0 Å². The van der Waals surface area contributed by atoms with Crippen LogP contribution in [0.25, 0.3) is 0 Å². The lowest BCUT2D eigenvalue weighted by molar-refractivity contribution is -0.0883. The van der Waals surface area contributed by atoms with Gasteiger partial charge >= 0.3 is 6.18 Å². The lowest BCUT2D eigenvalue weighted by Crippen LogP contribution is -2.20. The highest BCUT2D eigenvalue weighted by Crippen LogP contribution is 2.42. The third kappa shape index (κ3) is 7.40. The second kappa shape index (κ2) is 11.2. The number of hydrogen-bond donors (Lipinski definition) is 1. The van der Waals surface area contributed by atoms with Gasteiger partial charge in [0.1, 0.15) is 15.6 Å². The van der Waals surface area contributed by atoms with Crippen molar-refractivity contribution in [2.75, 3.05) is 23.3 Å².